The maximum Gasteiger partial charge on any atom is 0.334 e. The minimum atomic E-state index is -3.54. The Bertz CT molecular complexity index is 361. The summed E-state index contributed by atoms with van der Waals surface area (Å²) in [6.07, 6.45) is 0. The highest BCUT2D eigenvalue weighted by Gasteiger charge is 2.54. The molecular weight excluding hydrogens is 204 g/mol. The van der Waals surface area contributed by atoms with Gasteiger partial charge in [-0.25, -0.2) is 13.6 Å². The van der Waals surface area contributed by atoms with Gasteiger partial charge in [0.2, 0.25) is 5.54 Å². The molecule has 0 saturated carbocycles. The van der Waals surface area contributed by atoms with E-state index in [1.165, 1.54) is 24.3 Å². The largest absolute Gasteiger partial charge is 0.479 e. The van der Waals surface area contributed by atoms with Gasteiger partial charge >= 0.3 is 5.97 Å². The predicted octanol–water partition coefficient (Wildman–Crippen LogP) is 1.58. The SMILES string of the molecule is CC(F)(F)C(N)(C(=O)O)c1ccccc1. The van der Waals surface area contributed by atoms with Gasteiger partial charge in [-0.3, -0.25) is 0 Å². The Balaban J connectivity index is 3.32. The third-order valence-electron chi connectivity index (χ3n) is 2.26. The van der Waals surface area contributed by atoms with Crippen LogP contribution in [0.3, 0.4) is 0 Å². The van der Waals surface area contributed by atoms with Gasteiger partial charge in [-0.15, -0.1) is 0 Å². The number of carbonyl (C=O) groups is 1. The number of aliphatic carboxylic acids is 1. The highest BCUT2D eigenvalue weighted by molar-refractivity contribution is 5.81. The van der Waals surface area contributed by atoms with Crippen molar-refractivity contribution in [1.29, 1.82) is 0 Å². The summed E-state index contributed by atoms with van der Waals surface area (Å²) in [5.74, 6) is -5.29. The number of hydrogen-bond acceptors (Lipinski definition) is 2. The molecule has 3 nitrogen and oxygen atoms in total. The molecule has 0 bridgehead atoms. The van der Waals surface area contributed by atoms with E-state index in [1.54, 1.807) is 6.07 Å². The molecule has 0 fully saturated rings. The summed E-state index contributed by atoms with van der Waals surface area (Å²) in [6.45, 7) is 0.494. The van der Waals surface area contributed by atoms with E-state index in [0.717, 1.165) is 0 Å². The highest BCUT2D eigenvalue weighted by Crippen LogP contribution is 2.35. The van der Waals surface area contributed by atoms with Crippen molar-refractivity contribution in [3.8, 4) is 0 Å². The third-order valence-corrected chi connectivity index (χ3v) is 2.26. The quantitative estimate of drug-likeness (QED) is 0.804. The lowest BCUT2D eigenvalue weighted by Gasteiger charge is -2.30. The summed E-state index contributed by atoms with van der Waals surface area (Å²) >= 11 is 0. The van der Waals surface area contributed by atoms with Gasteiger partial charge in [0, 0.05) is 6.92 Å². The number of benzene rings is 1. The van der Waals surface area contributed by atoms with E-state index in [-0.39, 0.29) is 5.56 Å². The molecule has 1 aromatic rings. The first kappa shape index (κ1) is 11.6. The molecular formula is C10H11F2NO2. The number of carboxylic acids is 1. The second-order valence-electron chi connectivity index (χ2n) is 3.37. The molecule has 0 aliphatic rings. The number of rotatable bonds is 3. The standard InChI is InChI=1S/C10H11F2NO2/c1-9(11,12)10(13,8(14)15)7-5-3-2-4-6-7/h2-6H,13H2,1H3,(H,14,15). The number of nitrogens with two attached hydrogens (primary N) is 1. The zero-order valence-electron chi connectivity index (χ0n) is 8.08. The third kappa shape index (κ3) is 1.83. The van der Waals surface area contributed by atoms with E-state index in [4.69, 9.17) is 10.8 Å². The fourth-order valence-corrected chi connectivity index (χ4v) is 1.27. The topological polar surface area (TPSA) is 63.3 Å². The number of halogens is 2. The molecule has 0 aliphatic carbocycles. The molecule has 0 aromatic heterocycles. The van der Waals surface area contributed by atoms with Crippen LogP contribution in [0, 0.1) is 0 Å². The Labute approximate surface area is 85.5 Å². The second-order valence-corrected chi connectivity index (χ2v) is 3.37. The number of carboxylic acid groups (broad SMARTS) is 1. The van der Waals surface area contributed by atoms with Crippen LogP contribution in [-0.2, 0) is 10.3 Å². The zero-order chi connectivity index (χ0) is 11.7. The first-order valence-electron chi connectivity index (χ1n) is 4.26. The molecule has 1 unspecified atom stereocenters. The smallest absolute Gasteiger partial charge is 0.334 e. The van der Waals surface area contributed by atoms with Gasteiger partial charge in [0.1, 0.15) is 0 Å². The van der Waals surface area contributed by atoms with Crippen LogP contribution in [-0.4, -0.2) is 17.0 Å². The van der Waals surface area contributed by atoms with E-state index in [1.807, 2.05) is 0 Å². The summed E-state index contributed by atoms with van der Waals surface area (Å²) < 4.78 is 26.4. The van der Waals surface area contributed by atoms with Crippen molar-refractivity contribution in [3.63, 3.8) is 0 Å². The molecule has 3 N–H and O–H groups in total. The van der Waals surface area contributed by atoms with Gasteiger partial charge in [-0.1, -0.05) is 30.3 Å². The molecule has 0 amide bonds. The average molecular weight is 215 g/mol. The van der Waals surface area contributed by atoms with Gasteiger partial charge < -0.3 is 10.8 Å². The summed E-state index contributed by atoms with van der Waals surface area (Å²) in [5.41, 5.74) is 2.48. The Hall–Kier alpha value is -1.49. The van der Waals surface area contributed by atoms with Crippen LogP contribution in [0.1, 0.15) is 12.5 Å². The van der Waals surface area contributed by atoms with Gasteiger partial charge in [0.25, 0.3) is 5.92 Å². The second kappa shape index (κ2) is 3.58. The molecule has 1 aromatic carbocycles. The lowest BCUT2D eigenvalue weighted by molar-refractivity contribution is -0.160. The van der Waals surface area contributed by atoms with Gasteiger partial charge in [-0.05, 0) is 5.56 Å². The molecule has 0 spiro atoms. The molecule has 5 heteroatoms. The lowest BCUT2D eigenvalue weighted by atomic mass is 9.85. The molecule has 0 radical (unpaired) electrons. The monoisotopic (exact) mass is 215 g/mol. The van der Waals surface area contributed by atoms with Crippen LogP contribution in [0.4, 0.5) is 8.78 Å². The molecule has 82 valence electrons. The Morgan fingerprint density at radius 1 is 1.33 bits per heavy atom. The van der Waals surface area contributed by atoms with Gasteiger partial charge in [0.15, 0.2) is 0 Å². The van der Waals surface area contributed by atoms with Crippen LogP contribution in [0.25, 0.3) is 0 Å². The van der Waals surface area contributed by atoms with Gasteiger partial charge in [-0.2, -0.15) is 0 Å². The van der Waals surface area contributed by atoms with Crippen LogP contribution in [0.15, 0.2) is 30.3 Å². The fourth-order valence-electron chi connectivity index (χ4n) is 1.27. The first-order chi connectivity index (χ1) is 6.80. The van der Waals surface area contributed by atoms with Crippen LogP contribution >= 0.6 is 0 Å². The highest BCUT2D eigenvalue weighted by atomic mass is 19.3. The average Bonchev–Trinajstić information content (AvgIpc) is 2.16. The Morgan fingerprint density at radius 2 is 1.80 bits per heavy atom. The zero-order valence-corrected chi connectivity index (χ0v) is 8.08. The Morgan fingerprint density at radius 3 is 2.13 bits per heavy atom. The van der Waals surface area contributed by atoms with Crippen molar-refractivity contribution < 1.29 is 18.7 Å². The minimum absolute atomic E-state index is 0.120. The van der Waals surface area contributed by atoms with E-state index < -0.39 is 17.4 Å². The number of hydrogen-bond donors (Lipinski definition) is 2. The van der Waals surface area contributed by atoms with Crippen LogP contribution in [0.5, 0.6) is 0 Å². The van der Waals surface area contributed by atoms with E-state index >= 15 is 0 Å². The predicted molar refractivity (Wildman–Crippen MR) is 50.6 cm³/mol. The minimum Gasteiger partial charge on any atom is -0.479 e. The summed E-state index contributed by atoms with van der Waals surface area (Å²) in [5, 5.41) is 8.82. The van der Waals surface area contributed by atoms with Crippen molar-refractivity contribution in [1.82, 2.24) is 0 Å². The summed E-state index contributed by atoms with van der Waals surface area (Å²) in [7, 11) is 0. The molecule has 0 saturated heterocycles. The molecule has 1 rings (SSSR count). The van der Waals surface area contributed by atoms with E-state index in [9.17, 15) is 13.6 Å². The van der Waals surface area contributed by atoms with Crippen molar-refractivity contribution in [2.24, 2.45) is 5.73 Å². The van der Waals surface area contributed by atoms with Crippen LogP contribution < -0.4 is 5.73 Å². The van der Waals surface area contributed by atoms with E-state index in [2.05, 4.69) is 0 Å². The van der Waals surface area contributed by atoms with Crippen molar-refractivity contribution in [2.75, 3.05) is 0 Å². The van der Waals surface area contributed by atoms with Crippen molar-refractivity contribution >= 4 is 5.97 Å². The molecule has 0 heterocycles. The van der Waals surface area contributed by atoms with Crippen LogP contribution in [0.2, 0.25) is 0 Å². The number of alkyl halides is 2. The maximum absolute atomic E-state index is 13.2. The fraction of sp³-hybridized carbons (Fsp3) is 0.300. The van der Waals surface area contributed by atoms with E-state index in [0.29, 0.717) is 6.92 Å². The van der Waals surface area contributed by atoms with Crippen molar-refractivity contribution in [3.05, 3.63) is 35.9 Å². The summed E-state index contributed by atoms with van der Waals surface area (Å²) in [6, 6.07) is 7.06. The first-order valence-corrected chi connectivity index (χ1v) is 4.26. The Kier molecular flexibility index (Phi) is 2.77. The molecule has 15 heavy (non-hydrogen) atoms. The summed E-state index contributed by atoms with van der Waals surface area (Å²) in [4.78, 5) is 10.9. The maximum atomic E-state index is 13.2. The van der Waals surface area contributed by atoms with Crippen molar-refractivity contribution in [2.45, 2.75) is 18.4 Å². The molecule has 1 atom stereocenters. The van der Waals surface area contributed by atoms with Gasteiger partial charge in [0.05, 0.1) is 0 Å². The normalized spacial score (nSPS) is 15.7. The lowest BCUT2D eigenvalue weighted by Crippen LogP contribution is -2.57. The molecule has 0 aliphatic heterocycles.